The highest BCUT2D eigenvalue weighted by Gasteiger charge is 2.39. The van der Waals surface area contributed by atoms with Crippen LogP contribution >= 0.6 is 11.6 Å². The summed E-state index contributed by atoms with van der Waals surface area (Å²) in [6.45, 7) is 8.75. The normalized spacial score (nSPS) is 21.6. The topological polar surface area (TPSA) is 9.72 Å². The van der Waals surface area contributed by atoms with Gasteiger partial charge < -0.3 is 14.7 Å². The average molecular weight is 292 g/mol. The summed E-state index contributed by atoms with van der Waals surface area (Å²) in [7, 11) is 2.14. The highest BCUT2D eigenvalue weighted by atomic mass is 35.5. The third-order valence-corrected chi connectivity index (χ3v) is 4.96. The maximum atomic E-state index is 6.29. The molecular formula is C16H22ClN3. The van der Waals surface area contributed by atoms with Crippen molar-refractivity contribution >= 4 is 17.3 Å². The lowest BCUT2D eigenvalue weighted by atomic mass is 9.91. The molecule has 0 aliphatic carbocycles. The van der Waals surface area contributed by atoms with Gasteiger partial charge in [-0.05, 0) is 26.0 Å². The molecular weight excluding hydrogens is 270 g/mol. The summed E-state index contributed by atoms with van der Waals surface area (Å²) in [5.41, 5.74) is 2.79. The van der Waals surface area contributed by atoms with Crippen LogP contribution in [-0.4, -0.2) is 48.6 Å². The average Bonchev–Trinajstić information content (AvgIpc) is 2.45. The number of nitrogens with zero attached hydrogens (tertiary/aromatic N) is 3. The highest BCUT2D eigenvalue weighted by Crippen LogP contribution is 2.36. The number of halogens is 1. The van der Waals surface area contributed by atoms with E-state index in [-0.39, 0.29) is 5.54 Å². The van der Waals surface area contributed by atoms with Crippen LogP contribution in [0.15, 0.2) is 36.2 Å². The van der Waals surface area contributed by atoms with Crippen molar-refractivity contribution in [1.82, 2.24) is 9.80 Å². The monoisotopic (exact) mass is 291 g/mol. The van der Waals surface area contributed by atoms with Crippen LogP contribution in [-0.2, 0) is 0 Å². The number of rotatable bonds is 2. The smallest absolute Gasteiger partial charge is 0.0751 e. The Morgan fingerprint density at radius 1 is 1.00 bits per heavy atom. The van der Waals surface area contributed by atoms with Gasteiger partial charge in [-0.1, -0.05) is 23.7 Å². The summed E-state index contributed by atoms with van der Waals surface area (Å²) in [5, 5.41) is 0.851. The largest absolute Gasteiger partial charge is 0.368 e. The van der Waals surface area contributed by atoms with Gasteiger partial charge in [0.2, 0.25) is 0 Å². The minimum atomic E-state index is 0.173. The van der Waals surface area contributed by atoms with Crippen LogP contribution in [0, 0.1) is 0 Å². The van der Waals surface area contributed by atoms with Crippen LogP contribution in [0.2, 0.25) is 5.02 Å². The molecule has 1 fully saturated rings. The molecule has 0 aromatic heterocycles. The first kappa shape index (κ1) is 13.6. The lowest BCUT2D eigenvalue weighted by Crippen LogP contribution is -2.57. The van der Waals surface area contributed by atoms with Crippen LogP contribution in [0.4, 0.5) is 5.69 Å². The molecule has 0 N–H and O–H groups in total. The number of anilines is 1. The second-order valence-corrected chi connectivity index (χ2v) is 6.52. The molecule has 3 nitrogen and oxygen atoms in total. The SMILES string of the molecule is CN1C=C(N2CCN(c3ccccc3Cl)CC2)C1(C)C. The van der Waals surface area contributed by atoms with Crippen molar-refractivity contribution in [3.63, 3.8) is 0 Å². The van der Waals surface area contributed by atoms with Crippen molar-refractivity contribution < 1.29 is 0 Å². The molecule has 1 aromatic rings. The Hall–Kier alpha value is -1.35. The summed E-state index contributed by atoms with van der Waals surface area (Å²) in [6.07, 6.45) is 2.26. The van der Waals surface area contributed by atoms with Gasteiger partial charge in [0.05, 0.1) is 21.9 Å². The number of benzene rings is 1. The quantitative estimate of drug-likeness (QED) is 0.829. The first-order valence-corrected chi connectivity index (χ1v) is 7.57. The molecule has 108 valence electrons. The summed E-state index contributed by atoms with van der Waals surface area (Å²) in [4.78, 5) is 7.17. The Morgan fingerprint density at radius 3 is 2.15 bits per heavy atom. The van der Waals surface area contributed by atoms with E-state index in [1.807, 2.05) is 12.1 Å². The number of piperazine rings is 1. The van der Waals surface area contributed by atoms with Crippen molar-refractivity contribution in [1.29, 1.82) is 0 Å². The molecule has 1 aromatic carbocycles. The fourth-order valence-corrected chi connectivity index (χ4v) is 3.24. The zero-order chi connectivity index (χ0) is 14.3. The van der Waals surface area contributed by atoms with E-state index in [9.17, 15) is 0 Å². The van der Waals surface area contributed by atoms with Crippen molar-refractivity contribution in [3.8, 4) is 0 Å². The Bertz CT molecular complexity index is 530. The summed E-state index contributed by atoms with van der Waals surface area (Å²) in [5.74, 6) is 0. The maximum absolute atomic E-state index is 6.29. The van der Waals surface area contributed by atoms with Gasteiger partial charge in [0.15, 0.2) is 0 Å². The van der Waals surface area contributed by atoms with Crippen molar-refractivity contribution in [2.24, 2.45) is 0 Å². The minimum absolute atomic E-state index is 0.173. The second-order valence-electron chi connectivity index (χ2n) is 6.11. The van der Waals surface area contributed by atoms with Gasteiger partial charge in [-0.3, -0.25) is 0 Å². The van der Waals surface area contributed by atoms with Crippen LogP contribution < -0.4 is 4.90 Å². The number of likely N-dealkylation sites (N-methyl/N-ethyl adjacent to an activating group) is 1. The molecule has 0 atom stereocenters. The van der Waals surface area contributed by atoms with E-state index in [0.29, 0.717) is 0 Å². The van der Waals surface area contributed by atoms with E-state index in [1.54, 1.807) is 0 Å². The summed E-state index contributed by atoms with van der Waals surface area (Å²) >= 11 is 6.29. The van der Waals surface area contributed by atoms with Gasteiger partial charge in [0, 0.05) is 39.4 Å². The molecule has 0 bridgehead atoms. The van der Waals surface area contributed by atoms with Gasteiger partial charge in [-0.2, -0.15) is 0 Å². The molecule has 20 heavy (non-hydrogen) atoms. The van der Waals surface area contributed by atoms with Gasteiger partial charge in [0.25, 0.3) is 0 Å². The van der Waals surface area contributed by atoms with E-state index in [0.717, 1.165) is 36.9 Å². The fraction of sp³-hybridized carbons (Fsp3) is 0.500. The highest BCUT2D eigenvalue weighted by molar-refractivity contribution is 6.33. The first-order valence-electron chi connectivity index (χ1n) is 7.20. The van der Waals surface area contributed by atoms with Crippen LogP contribution in [0.1, 0.15) is 13.8 Å². The number of hydrogen-bond acceptors (Lipinski definition) is 3. The van der Waals surface area contributed by atoms with Gasteiger partial charge >= 0.3 is 0 Å². The van der Waals surface area contributed by atoms with Crippen molar-refractivity contribution in [2.45, 2.75) is 19.4 Å². The van der Waals surface area contributed by atoms with Crippen LogP contribution in [0.3, 0.4) is 0 Å². The van der Waals surface area contributed by atoms with Crippen LogP contribution in [0.25, 0.3) is 0 Å². The predicted molar refractivity (Wildman–Crippen MR) is 85.2 cm³/mol. The molecule has 2 aliphatic heterocycles. The van der Waals surface area contributed by atoms with Gasteiger partial charge in [-0.25, -0.2) is 0 Å². The number of para-hydroxylation sites is 1. The standard InChI is InChI=1S/C16H22ClN3/c1-16(2)15(12-18(16)3)20-10-8-19(9-11-20)14-7-5-4-6-13(14)17/h4-7,12H,8-11H2,1-3H3. The number of hydrogen-bond donors (Lipinski definition) is 0. The Kier molecular flexibility index (Phi) is 3.33. The Morgan fingerprint density at radius 2 is 1.60 bits per heavy atom. The van der Waals surface area contributed by atoms with E-state index in [2.05, 4.69) is 53.9 Å². The summed E-state index contributed by atoms with van der Waals surface area (Å²) < 4.78 is 0. The Balaban J connectivity index is 1.67. The Labute approximate surface area is 126 Å². The van der Waals surface area contributed by atoms with E-state index in [1.165, 1.54) is 5.70 Å². The molecule has 0 unspecified atom stereocenters. The minimum Gasteiger partial charge on any atom is -0.368 e. The van der Waals surface area contributed by atoms with Gasteiger partial charge in [0.1, 0.15) is 0 Å². The fourth-order valence-electron chi connectivity index (χ4n) is 2.98. The second kappa shape index (κ2) is 4.88. The molecule has 2 aliphatic rings. The van der Waals surface area contributed by atoms with Gasteiger partial charge in [-0.15, -0.1) is 0 Å². The third-order valence-electron chi connectivity index (χ3n) is 4.64. The first-order chi connectivity index (χ1) is 9.50. The molecule has 0 amide bonds. The molecule has 3 rings (SSSR count). The molecule has 2 heterocycles. The zero-order valence-electron chi connectivity index (χ0n) is 12.4. The molecule has 4 heteroatoms. The lowest BCUT2D eigenvalue weighted by molar-refractivity contribution is 0.132. The lowest BCUT2D eigenvalue weighted by Gasteiger charge is -2.52. The molecule has 0 saturated carbocycles. The zero-order valence-corrected chi connectivity index (χ0v) is 13.2. The maximum Gasteiger partial charge on any atom is 0.0751 e. The molecule has 1 saturated heterocycles. The predicted octanol–water partition coefficient (Wildman–Crippen LogP) is 3.03. The third kappa shape index (κ3) is 2.14. The van der Waals surface area contributed by atoms with Crippen molar-refractivity contribution in [3.05, 3.63) is 41.2 Å². The molecule has 0 spiro atoms. The molecule has 0 radical (unpaired) electrons. The van der Waals surface area contributed by atoms with E-state index >= 15 is 0 Å². The summed E-state index contributed by atoms with van der Waals surface area (Å²) in [6, 6.07) is 8.12. The van der Waals surface area contributed by atoms with Crippen LogP contribution in [0.5, 0.6) is 0 Å². The van der Waals surface area contributed by atoms with E-state index < -0.39 is 0 Å². The van der Waals surface area contributed by atoms with E-state index in [4.69, 9.17) is 11.6 Å². The van der Waals surface area contributed by atoms with Crippen molar-refractivity contribution in [2.75, 3.05) is 38.1 Å².